The molecule has 2 N–H and O–H groups in total. The lowest BCUT2D eigenvalue weighted by Gasteiger charge is -2.33. The van der Waals surface area contributed by atoms with E-state index in [0.29, 0.717) is 18.6 Å². The zero-order chi connectivity index (χ0) is 23.3. The number of imide groups is 2. The Bertz CT molecular complexity index is 1160. The van der Waals surface area contributed by atoms with E-state index in [9.17, 15) is 24.3 Å². The molecule has 2 heterocycles. The summed E-state index contributed by atoms with van der Waals surface area (Å²) in [6, 6.07) is 11.2. The summed E-state index contributed by atoms with van der Waals surface area (Å²) < 4.78 is 5.28. The van der Waals surface area contributed by atoms with Crippen LogP contribution >= 0.6 is 0 Å². The van der Waals surface area contributed by atoms with Gasteiger partial charge in [-0.1, -0.05) is 18.2 Å². The van der Waals surface area contributed by atoms with Crippen LogP contribution in [0.5, 0.6) is 5.75 Å². The molecule has 5 rings (SSSR count). The smallest absolute Gasteiger partial charge is 0.325 e. The van der Waals surface area contributed by atoms with E-state index in [4.69, 9.17) is 4.74 Å². The van der Waals surface area contributed by atoms with Gasteiger partial charge in [0, 0.05) is 0 Å². The topological polar surface area (TPSA) is 116 Å². The Hall–Kier alpha value is -3.72. The van der Waals surface area contributed by atoms with E-state index in [1.807, 2.05) is 6.07 Å². The van der Waals surface area contributed by atoms with Crippen molar-refractivity contribution < 1.29 is 29.0 Å². The first-order chi connectivity index (χ1) is 15.9. The molecule has 0 aromatic heterocycles. The Morgan fingerprint density at radius 2 is 1.70 bits per heavy atom. The van der Waals surface area contributed by atoms with Gasteiger partial charge in [-0.25, -0.2) is 4.79 Å². The number of amides is 5. The van der Waals surface area contributed by atoms with Crippen LogP contribution in [-0.4, -0.2) is 65.0 Å². The molecule has 3 aliphatic rings. The molecule has 33 heavy (non-hydrogen) atoms. The second kappa shape index (κ2) is 7.70. The maximum Gasteiger partial charge on any atom is 0.325 e. The minimum atomic E-state index is -1.28. The fraction of sp³-hybridized carbons (Fsp3) is 0.333. The van der Waals surface area contributed by atoms with Crippen LogP contribution < -0.4 is 10.1 Å². The van der Waals surface area contributed by atoms with Gasteiger partial charge in [0.05, 0.1) is 37.4 Å². The zero-order valence-corrected chi connectivity index (χ0v) is 18.0. The predicted molar refractivity (Wildman–Crippen MR) is 116 cm³/mol. The van der Waals surface area contributed by atoms with Crippen molar-refractivity contribution in [2.45, 2.75) is 30.9 Å². The molecule has 1 fully saturated rings. The highest BCUT2D eigenvalue weighted by Crippen LogP contribution is 2.41. The van der Waals surface area contributed by atoms with Gasteiger partial charge in [-0.05, 0) is 54.7 Å². The van der Waals surface area contributed by atoms with Gasteiger partial charge in [0.15, 0.2) is 0 Å². The normalized spacial score (nSPS) is 22.5. The number of methoxy groups -OCH3 is 1. The molecule has 1 spiro atoms. The highest BCUT2D eigenvalue weighted by Gasteiger charge is 2.54. The molecule has 0 radical (unpaired) electrons. The molecule has 1 aliphatic carbocycles. The van der Waals surface area contributed by atoms with E-state index in [-0.39, 0.29) is 24.2 Å². The van der Waals surface area contributed by atoms with E-state index in [1.165, 1.54) is 0 Å². The molecule has 0 unspecified atom stereocenters. The average Bonchev–Trinajstić information content (AvgIpc) is 3.19. The van der Waals surface area contributed by atoms with Crippen molar-refractivity contribution in [3.63, 3.8) is 0 Å². The van der Waals surface area contributed by atoms with Crippen molar-refractivity contribution in [1.82, 2.24) is 15.1 Å². The Morgan fingerprint density at radius 3 is 2.36 bits per heavy atom. The van der Waals surface area contributed by atoms with Crippen LogP contribution in [0.4, 0.5) is 4.79 Å². The standard InChI is InChI=1S/C24H23N3O6/c1-33-16-8-9-19-14(11-16)5-4-10-24(19)22(31)27(23(32)25-24)13-15(28)12-26-20(29)17-6-2-3-7-18(17)21(26)30/h2-3,6-9,11,15,28H,4-5,10,12-13H2,1H3,(H,25,32)/t15-,24-/m1/s1. The molecule has 0 bridgehead atoms. The summed E-state index contributed by atoms with van der Waals surface area (Å²) in [5, 5.41) is 13.5. The van der Waals surface area contributed by atoms with E-state index < -0.39 is 35.4 Å². The summed E-state index contributed by atoms with van der Waals surface area (Å²) in [5.74, 6) is -0.771. The fourth-order valence-electron chi connectivity index (χ4n) is 5.03. The third kappa shape index (κ3) is 3.19. The van der Waals surface area contributed by atoms with Crippen molar-refractivity contribution in [2.24, 2.45) is 0 Å². The van der Waals surface area contributed by atoms with E-state index in [0.717, 1.165) is 27.3 Å². The molecule has 9 nitrogen and oxygen atoms in total. The van der Waals surface area contributed by atoms with Crippen LogP contribution in [-0.2, 0) is 16.8 Å². The number of fused-ring (bicyclic) bond motifs is 3. The molecule has 2 atom stereocenters. The lowest BCUT2D eigenvalue weighted by Crippen LogP contribution is -2.48. The molecule has 2 aromatic carbocycles. The number of hydrogen-bond acceptors (Lipinski definition) is 6. The van der Waals surface area contributed by atoms with Gasteiger partial charge in [-0.2, -0.15) is 0 Å². The lowest BCUT2D eigenvalue weighted by molar-refractivity contribution is -0.133. The third-order valence-electron chi connectivity index (χ3n) is 6.61. The number of aryl methyl sites for hydroxylation is 1. The Labute approximate surface area is 189 Å². The summed E-state index contributed by atoms with van der Waals surface area (Å²) in [6.45, 7) is -0.643. The minimum Gasteiger partial charge on any atom is -0.497 e. The molecule has 9 heteroatoms. The second-order valence-electron chi connectivity index (χ2n) is 8.55. The van der Waals surface area contributed by atoms with Crippen molar-refractivity contribution >= 4 is 23.8 Å². The summed E-state index contributed by atoms with van der Waals surface area (Å²) in [6.07, 6.45) is 0.635. The Kier molecular flexibility index (Phi) is 4.93. The number of nitrogens with one attached hydrogen (secondary N) is 1. The number of β-amino-alcohol motifs (C(OH)–C–C–N with tert-alkyl or cyclic N) is 1. The van der Waals surface area contributed by atoms with Crippen LogP contribution in [0.25, 0.3) is 0 Å². The van der Waals surface area contributed by atoms with Gasteiger partial charge in [-0.15, -0.1) is 0 Å². The number of ether oxygens (including phenoxy) is 1. The third-order valence-corrected chi connectivity index (χ3v) is 6.61. The molecular formula is C24H23N3O6. The number of urea groups is 1. The summed E-state index contributed by atoms with van der Waals surface area (Å²) in [7, 11) is 1.57. The quantitative estimate of drug-likeness (QED) is 0.527. The van der Waals surface area contributed by atoms with Crippen molar-refractivity contribution in [1.29, 1.82) is 0 Å². The zero-order valence-electron chi connectivity index (χ0n) is 18.0. The largest absolute Gasteiger partial charge is 0.497 e. The summed E-state index contributed by atoms with van der Waals surface area (Å²) in [5.41, 5.74) is 1.02. The van der Waals surface area contributed by atoms with Crippen molar-refractivity contribution in [2.75, 3.05) is 20.2 Å². The second-order valence-corrected chi connectivity index (χ2v) is 8.55. The Balaban J connectivity index is 1.34. The molecule has 5 amide bonds. The first-order valence-electron chi connectivity index (χ1n) is 10.8. The number of aliphatic hydroxyl groups is 1. The van der Waals surface area contributed by atoms with Crippen molar-refractivity contribution in [3.05, 3.63) is 64.7 Å². The molecule has 1 saturated heterocycles. The molecule has 0 saturated carbocycles. The number of aliphatic hydroxyl groups excluding tert-OH is 1. The number of carbonyl (C=O) groups excluding carboxylic acids is 4. The first-order valence-corrected chi connectivity index (χ1v) is 10.8. The molecule has 2 aliphatic heterocycles. The van der Waals surface area contributed by atoms with Crippen molar-refractivity contribution in [3.8, 4) is 5.75 Å². The lowest BCUT2D eigenvalue weighted by atomic mass is 9.76. The van der Waals surface area contributed by atoms with Crippen LogP contribution in [0.2, 0.25) is 0 Å². The molecular weight excluding hydrogens is 426 g/mol. The highest BCUT2D eigenvalue weighted by atomic mass is 16.5. The SMILES string of the molecule is COc1ccc2c(c1)CCC[C@@]21NC(=O)N(C[C@H](O)CN2C(=O)c3ccccc3C2=O)C1=O. The van der Waals surface area contributed by atoms with Gasteiger partial charge in [0.25, 0.3) is 17.7 Å². The van der Waals surface area contributed by atoms with Crippen LogP contribution in [0.3, 0.4) is 0 Å². The first kappa shape index (κ1) is 21.1. The maximum atomic E-state index is 13.4. The number of nitrogens with zero attached hydrogens (tertiary/aromatic N) is 2. The summed E-state index contributed by atoms with van der Waals surface area (Å²) in [4.78, 5) is 53.3. The number of hydrogen-bond donors (Lipinski definition) is 2. The monoisotopic (exact) mass is 449 g/mol. The van der Waals surface area contributed by atoms with Gasteiger partial charge in [0.2, 0.25) is 0 Å². The average molecular weight is 449 g/mol. The fourth-order valence-corrected chi connectivity index (χ4v) is 5.03. The Morgan fingerprint density at radius 1 is 1.03 bits per heavy atom. The van der Waals surface area contributed by atoms with Gasteiger partial charge in [0.1, 0.15) is 11.3 Å². The van der Waals surface area contributed by atoms with Gasteiger partial charge < -0.3 is 15.2 Å². The van der Waals surface area contributed by atoms with Crippen LogP contribution in [0.15, 0.2) is 42.5 Å². The molecule has 170 valence electrons. The maximum absolute atomic E-state index is 13.4. The van der Waals surface area contributed by atoms with Crippen LogP contribution in [0, 0.1) is 0 Å². The minimum absolute atomic E-state index is 0.276. The molecule has 2 aromatic rings. The van der Waals surface area contributed by atoms with E-state index in [1.54, 1.807) is 43.5 Å². The van der Waals surface area contributed by atoms with Gasteiger partial charge in [-0.3, -0.25) is 24.2 Å². The number of carbonyl (C=O) groups is 4. The number of rotatable bonds is 5. The summed E-state index contributed by atoms with van der Waals surface area (Å²) >= 11 is 0. The van der Waals surface area contributed by atoms with E-state index in [2.05, 4.69) is 5.32 Å². The predicted octanol–water partition coefficient (Wildman–Crippen LogP) is 1.44. The highest BCUT2D eigenvalue weighted by molar-refractivity contribution is 6.21. The van der Waals surface area contributed by atoms with E-state index >= 15 is 0 Å². The van der Waals surface area contributed by atoms with Crippen LogP contribution in [0.1, 0.15) is 44.7 Å². The number of benzene rings is 2. The van der Waals surface area contributed by atoms with Gasteiger partial charge >= 0.3 is 6.03 Å².